The Morgan fingerprint density at radius 2 is 1.76 bits per heavy atom. The number of carbonyl (C=O) groups excluding carboxylic acids is 1. The third kappa shape index (κ3) is 4.83. The highest BCUT2D eigenvalue weighted by Crippen LogP contribution is 2.14. The molecule has 0 saturated heterocycles. The fourth-order valence-electron chi connectivity index (χ4n) is 1.67. The van der Waals surface area contributed by atoms with Crippen LogP contribution in [0.4, 0.5) is 0 Å². The minimum absolute atomic E-state index is 0.0523. The summed E-state index contributed by atoms with van der Waals surface area (Å²) in [6.45, 7) is 3.46. The molecule has 4 N–H and O–H groups in total. The Hall–Kier alpha value is -1.93. The Morgan fingerprint density at radius 1 is 1.24 bits per heavy atom. The number of carboxylic acid groups (broad SMARTS) is 1. The molecule has 116 valence electrons. The van der Waals surface area contributed by atoms with Gasteiger partial charge in [-0.2, -0.15) is 0 Å². The molecule has 1 rings (SSSR count). The lowest BCUT2D eigenvalue weighted by atomic mass is 10.0. The van der Waals surface area contributed by atoms with Gasteiger partial charge in [-0.15, -0.1) is 0 Å². The standard InChI is InChI=1S/C13H18N2O5S/c1-8(2)11(7-12(16)17)15-21(19,20)10-5-3-9(4-6-10)13(14)18/h3-6,8,11,15H,7H2,1-2H3,(H2,14,18)(H,16,17). The topological polar surface area (TPSA) is 127 Å². The van der Waals surface area contributed by atoms with Gasteiger partial charge >= 0.3 is 5.97 Å². The molecule has 8 heteroatoms. The van der Waals surface area contributed by atoms with Crippen molar-refractivity contribution in [2.24, 2.45) is 11.7 Å². The van der Waals surface area contributed by atoms with Crippen LogP contribution in [0.25, 0.3) is 0 Å². The van der Waals surface area contributed by atoms with Crippen LogP contribution in [0.1, 0.15) is 30.6 Å². The maximum absolute atomic E-state index is 12.2. The molecule has 0 aromatic heterocycles. The third-order valence-electron chi connectivity index (χ3n) is 2.95. The van der Waals surface area contributed by atoms with E-state index in [1.165, 1.54) is 24.3 Å². The van der Waals surface area contributed by atoms with Crippen molar-refractivity contribution in [3.05, 3.63) is 29.8 Å². The zero-order valence-corrected chi connectivity index (χ0v) is 12.6. The van der Waals surface area contributed by atoms with Crippen molar-refractivity contribution in [2.75, 3.05) is 0 Å². The van der Waals surface area contributed by atoms with E-state index in [9.17, 15) is 18.0 Å². The molecule has 0 bridgehead atoms. The van der Waals surface area contributed by atoms with Gasteiger partial charge in [0.15, 0.2) is 0 Å². The van der Waals surface area contributed by atoms with Crippen LogP contribution in [0.15, 0.2) is 29.2 Å². The lowest BCUT2D eigenvalue weighted by Crippen LogP contribution is -2.40. The number of hydrogen-bond acceptors (Lipinski definition) is 4. The van der Waals surface area contributed by atoms with Crippen molar-refractivity contribution in [2.45, 2.75) is 31.2 Å². The molecule has 0 aliphatic rings. The number of rotatable bonds is 7. The summed E-state index contributed by atoms with van der Waals surface area (Å²) in [6.07, 6.45) is -0.309. The fourth-order valence-corrected chi connectivity index (χ4v) is 3.05. The average Bonchev–Trinajstić information content (AvgIpc) is 2.37. The van der Waals surface area contributed by atoms with Crippen molar-refractivity contribution in [3.63, 3.8) is 0 Å². The summed E-state index contributed by atoms with van der Waals surface area (Å²) in [5.41, 5.74) is 5.27. The van der Waals surface area contributed by atoms with Crippen LogP contribution < -0.4 is 10.5 Å². The molecule has 1 unspecified atom stereocenters. The molecule has 7 nitrogen and oxygen atoms in total. The van der Waals surface area contributed by atoms with Crippen LogP contribution in [-0.4, -0.2) is 31.4 Å². The van der Waals surface area contributed by atoms with Crippen molar-refractivity contribution in [1.29, 1.82) is 0 Å². The number of sulfonamides is 1. The Kier molecular flexibility index (Phi) is 5.45. The van der Waals surface area contributed by atoms with Crippen LogP contribution >= 0.6 is 0 Å². The molecular formula is C13H18N2O5S. The van der Waals surface area contributed by atoms with E-state index in [1.54, 1.807) is 13.8 Å². The van der Waals surface area contributed by atoms with E-state index < -0.39 is 27.9 Å². The molecule has 21 heavy (non-hydrogen) atoms. The number of carboxylic acids is 1. The van der Waals surface area contributed by atoms with Gasteiger partial charge in [-0.05, 0) is 30.2 Å². The van der Waals surface area contributed by atoms with Crippen LogP contribution in [0.2, 0.25) is 0 Å². The SMILES string of the molecule is CC(C)C(CC(=O)O)NS(=O)(=O)c1ccc(C(N)=O)cc1. The molecular weight excluding hydrogens is 296 g/mol. The first-order valence-electron chi connectivity index (χ1n) is 6.27. The van der Waals surface area contributed by atoms with Gasteiger partial charge in [0.25, 0.3) is 0 Å². The van der Waals surface area contributed by atoms with Gasteiger partial charge in [0.05, 0.1) is 11.3 Å². The summed E-state index contributed by atoms with van der Waals surface area (Å²) >= 11 is 0. The Morgan fingerprint density at radius 3 is 2.14 bits per heavy atom. The first kappa shape index (κ1) is 17.1. The maximum atomic E-state index is 12.2. The Balaban J connectivity index is 2.98. The van der Waals surface area contributed by atoms with E-state index >= 15 is 0 Å². The van der Waals surface area contributed by atoms with Gasteiger partial charge in [0, 0.05) is 11.6 Å². The third-order valence-corrected chi connectivity index (χ3v) is 4.46. The van der Waals surface area contributed by atoms with E-state index in [-0.39, 0.29) is 22.8 Å². The molecule has 0 aliphatic heterocycles. The Bertz CT molecular complexity index is 622. The van der Waals surface area contributed by atoms with E-state index in [2.05, 4.69) is 4.72 Å². The summed E-state index contributed by atoms with van der Waals surface area (Å²) in [6, 6.07) is 4.39. The molecule has 0 spiro atoms. The highest BCUT2D eigenvalue weighted by atomic mass is 32.2. The average molecular weight is 314 g/mol. The number of primary amides is 1. The van der Waals surface area contributed by atoms with Gasteiger partial charge in [-0.1, -0.05) is 13.8 Å². The van der Waals surface area contributed by atoms with Crippen LogP contribution in [0.3, 0.4) is 0 Å². The minimum Gasteiger partial charge on any atom is -0.481 e. The van der Waals surface area contributed by atoms with E-state index in [0.717, 1.165) is 0 Å². The molecule has 1 amide bonds. The van der Waals surface area contributed by atoms with E-state index in [0.29, 0.717) is 0 Å². The zero-order valence-electron chi connectivity index (χ0n) is 11.7. The number of nitrogens with one attached hydrogen (secondary N) is 1. The number of carbonyl (C=O) groups is 2. The zero-order chi connectivity index (χ0) is 16.2. The van der Waals surface area contributed by atoms with Crippen molar-refractivity contribution < 1.29 is 23.1 Å². The number of aliphatic carboxylic acids is 1. The van der Waals surface area contributed by atoms with Crippen LogP contribution in [0, 0.1) is 5.92 Å². The first-order valence-corrected chi connectivity index (χ1v) is 7.76. The summed E-state index contributed by atoms with van der Waals surface area (Å²) < 4.78 is 26.7. The normalized spacial score (nSPS) is 13.1. The second-order valence-corrected chi connectivity index (χ2v) is 6.67. The second-order valence-electron chi connectivity index (χ2n) is 4.96. The monoisotopic (exact) mass is 314 g/mol. The summed E-state index contributed by atoms with van der Waals surface area (Å²) in [4.78, 5) is 21.7. The van der Waals surface area contributed by atoms with E-state index in [4.69, 9.17) is 10.8 Å². The smallest absolute Gasteiger partial charge is 0.304 e. The summed E-state index contributed by atoms with van der Waals surface area (Å²) in [5.74, 6) is -1.92. The molecule has 1 aromatic carbocycles. The number of hydrogen-bond donors (Lipinski definition) is 3. The van der Waals surface area contributed by atoms with Gasteiger partial charge in [0.1, 0.15) is 0 Å². The highest BCUT2D eigenvalue weighted by molar-refractivity contribution is 7.89. The predicted molar refractivity (Wildman–Crippen MR) is 76.2 cm³/mol. The number of nitrogens with two attached hydrogens (primary N) is 1. The minimum atomic E-state index is -3.86. The lowest BCUT2D eigenvalue weighted by Gasteiger charge is -2.20. The van der Waals surface area contributed by atoms with Gasteiger partial charge in [0.2, 0.25) is 15.9 Å². The molecule has 0 fully saturated rings. The fraction of sp³-hybridized carbons (Fsp3) is 0.385. The molecule has 0 radical (unpaired) electrons. The molecule has 1 aromatic rings. The molecule has 0 saturated carbocycles. The largest absolute Gasteiger partial charge is 0.481 e. The van der Waals surface area contributed by atoms with Crippen LogP contribution in [0.5, 0.6) is 0 Å². The van der Waals surface area contributed by atoms with E-state index in [1.807, 2.05) is 0 Å². The first-order chi connectivity index (χ1) is 9.63. The molecule has 1 atom stereocenters. The number of amides is 1. The molecule has 0 aliphatic carbocycles. The van der Waals surface area contributed by atoms with Gasteiger partial charge < -0.3 is 10.8 Å². The quantitative estimate of drug-likeness (QED) is 0.678. The second kappa shape index (κ2) is 6.68. The predicted octanol–water partition coefficient (Wildman–Crippen LogP) is 0.563. The van der Waals surface area contributed by atoms with Crippen molar-refractivity contribution in [1.82, 2.24) is 4.72 Å². The summed E-state index contributed by atoms with van der Waals surface area (Å²) in [5, 5.41) is 8.81. The molecule has 0 heterocycles. The van der Waals surface area contributed by atoms with Crippen molar-refractivity contribution >= 4 is 21.9 Å². The Labute approximate surface area is 123 Å². The highest BCUT2D eigenvalue weighted by Gasteiger charge is 2.24. The van der Waals surface area contributed by atoms with Crippen molar-refractivity contribution in [3.8, 4) is 0 Å². The van der Waals surface area contributed by atoms with Gasteiger partial charge in [-0.3, -0.25) is 9.59 Å². The summed E-state index contributed by atoms with van der Waals surface area (Å²) in [7, 11) is -3.86. The lowest BCUT2D eigenvalue weighted by molar-refractivity contribution is -0.137. The number of benzene rings is 1. The maximum Gasteiger partial charge on any atom is 0.304 e. The van der Waals surface area contributed by atoms with Crippen LogP contribution in [-0.2, 0) is 14.8 Å². The van der Waals surface area contributed by atoms with Gasteiger partial charge in [-0.25, -0.2) is 13.1 Å².